The van der Waals surface area contributed by atoms with Crippen LogP contribution in [0.1, 0.15) is 42.8 Å². The predicted octanol–water partition coefficient (Wildman–Crippen LogP) is 2.47. The molecule has 0 aliphatic heterocycles. The molecule has 114 valence electrons. The van der Waals surface area contributed by atoms with E-state index in [9.17, 15) is 4.79 Å². The monoisotopic (exact) mass is 306 g/mol. The van der Waals surface area contributed by atoms with Gasteiger partial charge in [-0.3, -0.25) is 4.79 Å². The maximum atomic E-state index is 12.0. The third-order valence-corrected chi connectivity index (χ3v) is 4.95. The van der Waals surface area contributed by atoms with Gasteiger partial charge in [-0.1, -0.05) is 30.6 Å². The summed E-state index contributed by atoms with van der Waals surface area (Å²) in [6.45, 7) is 3.73. The Morgan fingerprint density at radius 3 is 2.90 bits per heavy atom. The van der Waals surface area contributed by atoms with Crippen molar-refractivity contribution >= 4 is 16.3 Å². The maximum Gasteiger partial charge on any atom is 0.275 e. The quantitative estimate of drug-likeness (QED) is 0.871. The van der Waals surface area contributed by atoms with Gasteiger partial charge in [0.25, 0.3) is 5.56 Å². The highest BCUT2D eigenvalue weighted by Gasteiger charge is 2.16. The van der Waals surface area contributed by atoms with Crippen LogP contribution in [-0.2, 0) is 6.54 Å². The molecule has 0 saturated heterocycles. The molecule has 3 rings (SSSR count). The Balaban J connectivity index is 1.70. The van der Waals surface area contributed by atoms with Gasteiger partial charge in [0.1, 0.15) is 5.01 Å². The molecule has 1 aliphatic rings. The summed E-state index contributed by atoms with van der Waals surface area (Å²) in [5.41, 5.74) is 0.771. The van der Waals surface area contributed by atoms with Crippen molar-refractivity contribution in [3.63, 3.8) is 0 Å². The van der Waals surface area contributed by atoms with E-state index in [0.29, 0.717) is 4.96 Å². The lowest BCUT2D eigenvalue weighted by Gasteiger charge is -2.26. The van der Waals surface area contributed by atoms with Crippen molar-refractivity contribution in [1.29, 1.82) is 0 Å². The van der Waals surface area contributed by atoms with E-state index in [0.717, 1.165) is 29.7 Å². The normalized spacial score (nSPS) is 16.9. The summed E-state index contributed by atoms with van der Waals surface area (Å²) in [6.07, 6.45) is 6.80. The van der Waals surface area contributed by atoms with E-state index in [4.69, 9.17) is 0 Å². The molecule has 6 heteroatoms. The standard InChI is InChI=1S/C15H22N4OS/c1-11-17-19-14(20)8-13(16-15(19)21-11)10-18(2)9-12-6-4-3-5-7-12/h8,12H,3-7,9-10H2,1-2H3. The van der Waals surface area contributed by atoms with Crippen molar-refractivity contribution in [3.05, 3.63) is 27.1 Å². The molecule has 0 radical (unpaired) electrons. The maximum absolute atomic E-state index is 12.0. The van der Waals surface area contributed by atoms with Crippen molar-refractivity contribution in [2.45, 2.75) is 45.6 Å². The third kappa shape index (κ3) is 3.49. The highest BCUT2D eigenvalue weighted by Crippen LogP contribution is 2.24. The average molecular weight is 306 g/mol. The number of hydrogen-bond donors (Lipinski definition) is 0. The minimum Gasteiger partial charge on any atom is -0.300 e. The Hall–Kier alpha value is -1.27. The molecule has 1 fully saturated rings. The summed E-state index contributed by atoms with van der Waals surface area (Å²) >= 11 is 1.47. The molecular formula is C15H22N4OS. The van der Waals surface area contributed by atoms with Crippen molar-refractivity contribution in [1.82, 2.24) is 19.5 Å². The Kier molecular flexibility index (Phi) is 4.35. The van der Waals surface area contributed by atoms with Crippen LogP contribution in [0.25, 0.3) is 4.96 Å². The Morgan fingerprint density at radius 1 is 1.38 bits per heavy atom. The van der Waals surface area contributed by atoms with Crippen LogP contribution in [0.4, 0.5) is 0 Å². The van der Waals surface area contributed by atoms with E-state index in [1.807, 2.05) is 6.92 Å². The molecule has 5 nitrogen and oxygen atoms in total. The molecule has 2 heterocycles. The van der Waals surface area contributed by atoms with Gasteiger partial charge < -0.3 is 4.90 Å². The molecule has 0 N–H and O–H groups in total. The van der Waals surface area contributed by atoms with Gasteiger partial charge in [-0.2, -0.15) is 9.61 Å². The van der Waals surface area contributed by atoms with Gasteiger partial charge >= 0.3 is 0 Å². The number of nitrogens with zero attached hydrogens (tertiary/aromatic N) is 4. The number of rotatable bonds is 4. The molecule has 0 aromatic carbocycles. The van der Waals surface area contributed by atoms with Crippen molar-refractivity contribution < 1.29 is 0 Å². The molecule has 1 saturated carbocycles. The fourth-order valence-electron chi connectivity index (χ4n) is 3.18. The lowest BCUT2D eigenvalue weighted by Crippen LogP contribution is -2.28. The number of aromatic nitrogens is 3. The van der Waals surface area contributed by atoms with Crippen molar-refractivity contribution in [2.75, 3.05) is 13.6 Å². The Bertz CT molecular complexity index is 672. The third-order valence-electron chi connectivity index (χ3n) is 4.13. The van der Waals surface area contributed by atoms with Gasteiger partial charge in [-0.05, 0) is 32.7 Å². The van der Waals surface area contributed by atoms with Crippen molar-refractivity contribution in [2.24, 2.45) is 5.92 Å². The molecule has 1 aliphatic carbocycles. The minimum atomic E-state index is -0.0783. The summed E-state index contributed by atoms with van der Waals surface area (Å²) in [4.78, 5) is 19.6. The number of hydrogen-bond acceptors (Lipinski definition) is 5. The van der Waals surface area contributed by atoms with E-state index in [-0.39, 0.29) is 5.56 Å². The summed E-state index contributed by atoms with van der Waals surface area (Å²) in [7, 11) is 2.12. The SMILES string of the molecule is Cc1nn2c(=O)cc(CN(C)CC3CCCCC3)nc2s1. The highest BCUT2D eigenvalue weighted by molar-refractivity contribution is 7.16. The number of aryl methyl sites for hydroxylation is 1. The lowest BCUT2D eigenvalue weighted by molar-refractivity contribution is 0.226. The molecular weight excluding hydrogens is 284 g/mol. The molecule has 2 aromatic rings. The molecule has 0 atom stereocenters. The topological polar surface area (TPSA) is 50.5 Å². The van der Waals surface area contributed by atoms with Crippen LogP contribution in [0.2, 0.25) is 0 Å². The van der Waals surface area contributed by atoms with E-state index in [2.05, 4.69) is 22.0 Å². The molecule has 0 unspecified atom stereocenters. The summed E-state index contributed by atoms with van der Waals surface area (Å²) in [5.74, 6) is 0.805. The van der Waals surface area contributed by atoms with Gasteiger partial charge in [0.2, 0.25) is 4.96 Å². The van der Waals surface area contributed by atoms with E-state index >= 15 is 0 Å². The van der Waals surface area contributed by atoms with Crippen LogP contribution in [0.3, 0.4) is 0 Å². The second kappa shape index (κ2) is 6.23. The van der Waals surface area contributed by atoms with Gasteiger partial charge in [-0.25, -0.2) is 4.98 Å². The lowest BCUT2D eigenvalue weighted by atomic mass is 9.89. The van der Waals surface area contributed by atoms with E-state index in [1.54, 1.807) is 6.07 Å². The first kappa shape index (κ1) is 14.7. The van der Waals surface area contributed by atoms with Gasteiger partial charge in [0.15, 0.2) is 0 Å². The Morgan fingerprint density at radius 2 is 2.14 bits per heavy atom. The predicted molar refractivity (Wildman–Crippen MR) is 84.8 cm³/mol. The fraction of sp³-hybridized carbons (Fsp3) is 0.667. The van der Waals surface area contributed by atoms with E-state index in [1.165, 1.54) is 48.0 Å². The highest BCUT2D eigenvalue weighted by atomic mass is 32.1. The smallest absolute Gasteiger partial charge is 0.275 e. The van der Waals surface area contributed by atoms with Gasteiger partial charge in [0.05, 0.1) is 5.69 Å². The zero-order chi connectivity index (χ0) is 14.8. The van der Waals surface area contributed by atoms with Gasteiger partial charge in [-0.15, -0.1) is 0 Å². The fourth-order valence-corrected chi connectivity index (χ4v) is 3.95. The first-order chi connectivity index (χ1) is 10.1. The van der Waals surface area contributed by atoms with Crippen LogP contribution in [0.5, 0.6) is 0 Å². The second-order valence-electron chi connectivity index (χ2n) is 6.10. The van der Waals surface area contributed by atoms with Crippen LogP contribution >= 0.6 is 11.3 Å². The van der Waals surface area contributed by atoms with Crippen LogP contribution in [0, 0.1) is 12.8 Å². The summed E-state index contributed by atoms with van der Waals surface area (Å²) in [5, 5.41) is 5.04. The molecule has 21 heavy (non-hydrogen) atoms. The summed E-state index contributed by atoms with van der Waals surface area (Å²) in [6, 6.07) is 1.61. The zero-order valence-electron chi connectivity index (χ0n) is 12.7. The largest absolute Gasteiger partial charge is 0.300 e. The van der Waals surface area contributed by atoms with Crippen LogP contribution in [0.15, 0.2) is 10.9 Å². The van der Waals surface area contributed by atoms with Crippen LogP contribution < -0.4 is 5.56 Å². The minimum absolute atomic E-state index is 0.0783. The average Bonchev–Trinajstić information content (AvgIpc) is 2.81. The molecule has 2 aromatic heterocycles. The van der Waals surface area contributed by atoms with Crippen molar-refractivity contribution in [3.8, 4) is 0 Å². The van der Waals surface area contributed by atoms with Gasteiger partial charge in [0, 0.05) is 19.2 Å². The molecule has 0 amide bonds. The first-order valence-electron chi connectivity index (χ1n) is 7.67. The second-order valence-corrected chi connectivity index (χ2v) is 7.26. The summed E-state index contributed by atoms with van der Waals surface area (Å²) < 4.78 is 1.39. The molecule has 0 spiro atoms. The van der Waals surface area contributed by atoms with E-state index < -0.39 is 0 Å². The zero-order valence-corrected chi connectivity index (χ0v) is 13.5. The Labute approximate surface area is 128 Å². The number of fused-ring (bicyclic) bond motifs is 1. The first-order valence-corrected chi connectivity index (χ1v) is 8.48. The van der Waals surface area contributed by atoms with Crippen LogP contribution in [-0.4, -0.2) is 33.1 Å². The molecule has 0 bridgehead atoms.